The van der Waals surface area contributed by atoms with Gasteiger partial charge < -0.3 is 5.32 Å². The van der Waals surface area contributed by atoms with Crippen LogP contribution in [0.2, 0.25) is 0 Å². The standard InChI is InChI=1S/C21H24N4OS/c26-21-19-16-8-4-5-9-17(16)27-20(19)23-18(14-24-12-10-22-11-13-24)25(21)15-6-2-1-3-7-15/h1-3,6-7,22H,4-5,8-14H2. The Balaban J connectivity index is 1.70. The maximum absolute atomic E-state index is 13.6. The lowest BCUT2D eigenvalue weighted by molar-refractivity contribution is 0.226. The molecule has 5 nitrogen and oxygen atoms in total. The van der Waals surface area contributed by atoms with Gasteiger partial charge in [-0.1, -0.05) is 18.2 Å². The number of aryl methyl sites for hydroxylation is 2. The van der Waals surface area contributed by atoms with Gasteiger partial charge in [-0.15, -0.1) is 11.3 Å². The minimum absolute atomic E-state index is 0.107. The zero-order chi connectivity index (χ0) is 18.2. The topological polar surface area (TPSA) is 50.2 Å². The van der Waals surface area contributed by atoms with E-state index in [4.69, 9.17) is 4.98 Å². The first-order valence-corrected chi connectivity index (χ1v) is 10.7. The molecule has 1 N–H and O–H groups in total. The van der Waals surface area contributed by atoms with Gasteiger partial charge in [0.15, 0.2) is 0 Å². The monoisotopic (exact) mass is 380 g/mol. The molecule has 6 heteroatoms. The molecule has 0 saturated carbocycles. The van der Waals surface area contributed by atoms with Crippen LogP contribution in [-0.4, -0.2) is 40.6 Å². The molecule has 1 saturated heterocycles. The minimum Gasteiger partial charge on any atom is -0.314 e. The Hall–Kier alpha value is -2.02. The van der Waals surface area contributed by atoms with Crippen molar-refractivity contribution in [1.29, 1.82) is 0 Å². The highest BCUT2D eigenvalue weighted by Crippen LogP contribution is 2.34. The van der Waals surface area contributed by atoms with Crippen LogP contribution >= 0.6 is 11.3 Å². The highest BCUT2D eigenvalue weighted by molar-refractivity contribution is 7.18. The molecule has 3 heterocycles. The van der Waals surface area contributed by atoms with E-state index < -0.39 is 0 Å². The van der Waals surface area contributed by atoms with Crippen LogP contribution in [0.5, 0.6) is 0 Å². The Bertz CT molecular complexity index is 1020. The van der Waals surface area contributed by atoms with E-state index in [0.29, 0.717) is 6.54 Å². The van der Waals surface area contributed by atoms with E-state index >= 15 is 0 Å². The Morgan fingerprint density at radius 2 is 1.85 bits per heavy atom. The molecule has 1 fully saturated rings. The molecule has 1 aromatic carbocycles. The molecule has 5 rings (SSSR count). The fraction of sp³-hybridized carbons (Fsp3) is 0.429. The van der Waals surface area contributed by atoms with Crippen molar-refractivity contribution in [2.45, 2.75) is 32.2 Å². The summed E-state index contributed by atoms with van der Waals surface area (Å²) in [7, 11) is 0. The van der Waals surface area contributed by atoms with Crippen LogP contribution in [0.4, 0.5) is 0 Å². The normalized spacial score (nSPS) is 17.9. The molecule has 0 amide bonds. The minimum atomic E-state index is 0.107. The van der Waals surface area contributed by atoms with Crippen molar-refractivity contribution in [1.82, 2.24) is 19.8 Å². The third-order valence-corrected chi connectivity index (χ3v) is 6.83. The van der Waals surface area contributed by atoms with Gasteiger partial charge in [-0.2, -0.15) is 0 Å². The van der Waals surface area contributed by atoms with Gasteiger partial charge in [-0.3, -0.25) is 14.3 Å². The maximum atomic E-state index is 13.6. The number of hydrogen-bond acceptors (Lipinski definition) is 5. The van der Waals surface area contributed by atoms with Gasteiger partial charge in [-0.05, 0) is 43.4 Å². The molecule has 0 spiro atoms. The Morgan fingerprint density at radius 1 is 1.07 bits per heavy atom. The molecule has 27 heavy (non-hydrogen) atoms. The molecule has 0 radical (unpaired) electrons. The van der Waals surface area contributed by atoms with Crippen LogP contribution in [0, 0.1) is 0 Å². The zero-order valence-electron chi connectivity index (χ0n) is 15.4. The molecule has 3 aromatic rings. The molecule has 140 valence electrons. The van der Waals surface area contributed by atoms with Crippen molar-refractivity contribution in [3.8, 4) is 5.69 Å². The number of nitrogens with zero attached hydrogens (tertiary/aromatic N) is 3. The highest BCUT2D eigenvalue weighted by Gasteiger charge is 2.23. The van der Waals surface area contributed by atoms with Crippen molar-refractivity contribution < 1.29 is 0 Å². The van der Waals surface area contributed by atoms with E-state index in [2.05, 4.69) is 10.2 Å². The molecule has 1 aliphatic heterocycles. The van der Waals surface area contributed by atoms with E-state index in [1.54, 1.807) is 11.3 Å². The highest BCUT2D eigenvalue weighted by atomic mass is 32.1. The molecule has 2 aliphatic rings. The number of thiophene rings is 1. The van der Waals surface area contributed by atoms with Crippen molar-refractivity contribution >= 4 is 21.6 Å². The molecular formula is C21H24N4OS. The van der Waals surface area contributed by atoms with E-state index in [9.17, 15) is 4.79 Å². The third-order valence-electron chi connectivity index (χ3n) is 5.65. The number of nitrogens with one attached hydrogen (secondary N) is 1. The van der Waals surface area contributed by atoms with E-state index in [1.165, 1.54) is 23.3 Å². The molecule has 2 aromatic heterocycles. The lowest BCUT2D eigenvalue weighted by Crippen LogP contribution is -2.43. The van der Waals surface area contributed by atoms with Crippen molar-refractivity contribution in [3.63, 3.8) is 0 Å². The Labute approximate surface area is 162 Å². The predicted octanol–water partition coefficient (Wildman–Crippen LogP) is 2.73. The number of fused-ring (bicyclic) bond motifs is 3. The number of para-hydroxylation sites is 1. The van der Waals surface area contributed by atoms with Crippen LogP contribution in [0.25, 0.3) is 15.9 Å². The average Bonchev–Trinajstić information content (AvgIpc) is 3.08. The van der Waals surface area contributed by atoms with E-state index in [1.807, 2.05) is 34.9 Å². The van der Waals surface area contributed by atoms with E-state index in [-0.39, 0.29) is 5.56 Å². The van der Waals surface area contributed by atoms with Gasteiger partial charge >= 0.3 is 0 Å². The number of piperazine rings is 1. The first-order valence-electron chi connectivity index (χ1n) is 9.86. The smallest absolute Gasteiger partial charge is 0.267 e. The van der Waals surface area contributed by atoms with Gasteiger partial charge in [0.1, 0.15) is 10.7 Å². The first-order chi connectivity index (χ1) is 13.3. The fourth-order valence-electron chi connectivity index (χ4n) is 4.27. The number of rotatable bonds is 3. The quantitative estimate of drug-likeness (QED) is 0.759. The number of hydrogen-bond donors (Lipinski definition) is 1. The summed E-state index contributed by atoms with van der Waals surface area (Å²) in [5.74, 6) is 0.860. The summed E-state index contributed by atoms with van der Waals surface area (Å²) in [5.41, 5.74) is 2.28. The van der Waals surface area contributed by atoms with Gasteiger partial charge in [-0.25, -0.2) is 4.98 Å². The summed E-state index contributed by atoms with van der Waals surface area (Å²) < 4.78 is 1.85. The lowest BCUT2D eigenvalue weighted by Gasteiger charge is -2.27. The summed E-state index contributed by atoms with van der Waals surface area (Å²) in [4.78, 5) is 23.3. The Morgan fingerprint density at radius 3 is 2.67 bits per heavy atom. The van der Waals surface area contributed by atoms with Crippen molar-refractivity contribution in [3.05, 3.63) is 57.0 Å². The Kier molecular flexibility index (Phi) is 4.55. The summed E-state index contributed by atoms with van der Waals surface area (Å²) in [6.07, 6.45) is 4.50. The van der Waals surface area contributed by atoms with Crippen LogP contribution in [-0.2, 0) is 19.4 Å². The number of benzene rings is 1. The second-order valence-corrected chi connectivity index (χ2v) is 8.50. The van der Waals surface area contributed by atoms with Crippen molar-refractivity contribution in [2.24, 2.45) is 0 Å². The lowest BCUT2D eigenvalue weighted by atomic mass is 9.97. The number of aromatic nitrogens is 2. The SMILES string of the molecule is O=c1c2c3c(sc2nc(CN2CCNCC2)n1-c1ccccc1)CCCC3. The largest absolute Gasteiger partial charge is 0.314 e. The van der Waals surface area contributed by atoms with Crippen LogP contribution < -0.4 is 10.9 Å². The van der Waals surface area contributed by atoms with Gasteiger partial charge in [0.25, 0.3) is 5.56 Å². The van der Waals surface area contributed by atoms with E-state index in [0.717, 1.165) is 60.7 Å². The average molecular weight is 381 g/mol. The summed E-state index contributed by atoms with van der Waals surface area (Å²) in [6, 6.07) is 9.99. The van der Waals surface area contributed by atoms with Crippen molar-refractivity contribution in [2.75, 3.05) is 26.2 Å². The fourth-order valence-corrected chi connectivity index (χ4v) is 5.54. The maximum Gasteiger partial charge on any atom is 0.267 e. The van der Waals surface area contributed by atoms with Crippen LogP contribution in [0.15, 0.2) is 35.1 Å². The molecule has 1 aliphatic carbocycles. The summed E-state index contributed by atoms with van der Waals surface area (Å²) in [6.45, 7) is 4.67. The van der Waals surface area contributed by atoms with Gasteiger partial charge in [0.2, 0.25) is 0 Å². The second-order valence-electron chi connectivity index (χ2n) is 7.42. The van der Waals surface area contributed by atoms with Crippen LogP contribution in [0.1, 0.15) is 29.1 Å². The van der Waals surface area contributed by atoms with Crippen LogP contribution in [0.3, 0.4) is 0 Å². The molecular weight excluding hydrogens is 356 g/mol. The third kappa shape index (κ3) is 3.12. The zero-order valence-corrected chi connectivity index (χ0v) is 16.2. The van der Waals surface area contributed by atoms with Gasteiger partial charge in [0.05, 0.1) is 17.6 Å². The molecule has 0 unspecified atom stereocenters. The predicted molar refractivity (Wildman–Crippen MR) is 110 cm³/mol. The summed E-state index contributed by atoms with van der Waals surface area (Å²) >= 11 is 1.74. The first kappa shape index (κ1) is 17.1. The van der Waals surface area contributed by atoms with Gasteiger partial charge in [0, 0.05) is 31.1 Å². The molecule has 0 atom stereocenters. The summed E-state index contributed by atoms with van der Waals surface area (Å²) in [5, 5.41) is 4.26. The molecule has 0 bridgehead atoms. The second kappa shape index (κ2) is 7.19.